The van der Waals surface area contributed by atoms with Gasteiger partial charge in [0.2, 0.25) is 0 Å². The zero-order valence-corrected chi connectivity index (χ0v) is 18.5. The highest BCUT2D eigenvalue weighted by molar-refractivity contribution is 5.75. The summed E-state index contributed by atoms with van der Waals surface area (Å²) in [6, 6.07) is 10.9. The first-order valence-corrected chi connectivity index (χ1v) is 12.2. The van der Waals surface area contributed by atoms with Gasteiger partial charge in [0.1, 0.15) is 6.10 Å². The first-order valence-electron chi connectivity index (χ1n) is 12.2. The summed E-state index contributed by atoms with van der Waals surface area (Å²) < 4.78 is 5.97. The molecule has 4 fully saturated rings. The average Bonchev–Trinajstić information content (AvgIpc) is 3.02. The first kappa shape index (κ1) is 20.3. The van der Waals surface area contributed by atoms with Crippen LogP contribution in [0.2, 0.25) is 0 Å². The van der Waals surface area contributed by atoms with Gasteiger partial charge in [-0.3, -0.25) is 4.79 Å². The molecular weight excluding hydrogens is 370 g/mol. The largest absolute Gasteiger partial charge is 0.462 e. The van der Waals surface area contributed by atoms with Crippen LogP contribution in [0.1, 0.15) is 57.4 Å². The van der Waals surface area contributed by atoms with E-state index in [0.717, 1.165) is 38.4 Å². The zero-order chi connectivity index (χ0) is 20.7. The molecule has 2 saturated carbocycles. The lowest BCUT2D eigenvalue weighted by Crippen LogP contribution is -2.46. The van der Waals surface area contributed by atoms with Gasteiger partial charge in [-0.05, 0) is 87.3 Å². The third-order valence-corrected chi connectivity index (χ3v) is 8.85. The standard InChI is InChI=1S/C27H37NO2/c1-19-7-6-12-27(2)17-25-22(16-24(19)27)23(26(29)30-25)18-28-13-10-21(11-14-28)15-20-8-4-3-5-9-20/h3-5,8-9,21-25H,1,6-7,10-18H2,2H3. The van der Waals surface area contributed by atoms with Gasteiger partial charge in [0, 0.05) is 12.5 Å². The molecule has 30 heavy (non-hydrogen) atoms. The maximum atomic E-state index is 12.8. The van der Waals surface area contributed by atoms with Gasteiger partial charge < -0.3 is 9.64 Å². The molecule has 0 radical (unpaired) electrons. The number of carbonyl (C=O) groups is 1. The molecule has 1 aromatic carbocycles. The zero-order valence-electron chi connectivity index (χ0n) is 18.5. The van der Waals surface area contributed by atoms with Crippen molar-refractivity contribution in [1.82, 2.24) is 4.90 Å². The smallest absolute Gasteiger partial charge is 0.310 e. The van der Waals surface area contributed by atoms with Gasteiger partial charge in [0.25, 0.3) is 0 Å². The fraction of sp³-hybridized carbons (Fsp3) is 0.667. The summed E-state index contributed by atoms with van der Waals surface area (Å²) in [5.74, 6) is 1.89. The predicted octanol–water partition coefficient (Wildman–Crippen LogP) is 5.26. The summed E-state index contributed by atoms with van der Waals surface area (Å²) in [6.07, 6.45) is 9.65. The molecule has 4 aliphatic rings. The summed E-state index contributed by atoms with van der Waals surface area (Å²) in [5, 5.41) is 0. The number of rotatable bonds is 4. The minimum atomic E-state index is 0.0694. The molecule has 0 amide bonds. The highest BCUT2D eigenvalue weighted by atomic mass is 16.6. The van der Waals surface area contributed by atoms with E-state index in [1.807, 2.05) is 0 Å². The van der Waals surface area contributed by atoms with Gasteiger partial charge in [-0.2, -0.15) is 0 Å². The number of benzene rings is 1. The van der Waals surface area contributed by atoms with Crippen LogP contribution in [-0.2, 0) is 16.0 Å². The predicted molar refractivity (Wildman–Crippen MR) is 120 cm³/mol. The Bertz CT molecular complexity index is 781. The van der Waals surface area contributed by atoms with E-state index in [9.17, 15) is 4.79 Å². The quantitative estimate of drug-likeness (QED) is 0.504. The molecular formula is C27H37NO2. The molecule has 0 N–H and O–H groups in total. The van der Waals surface area contributed by atoms with Crippen molar-refractivity contribution in [3.8, 4) is 0 Å². The number of carbonyl (C=O) groups excluding carboxylic acids is 1. The van der Waals surface area contributed by atoms with Crippen molar-refractivity contribution in [2.75, 3.05) is 19.6 Å². The van der Waals surface area contributed by atoms with E-state index in [4.69, 9.17) is 4.74 Å². The van der Waals surface area contributed by atoms with Gasteiger partial charge >= 0.3 is 5.97 Å². The molecule has 0 bridgehead atoms. The number of piperidine rings is 1. The van der Waals surface area contributed by atoms with E-state index in [0.29, 0.717) is 17.3 Å². The Morgan fingerprint density at radius 2 is 1.97 bits per heavy atom. The van der Waals surface area contributed by atoms with E-state index < -0.39 is 0 Å². The van der Waals surface area contributed by atoms with Gasteiger partial charge in [0.05, 0.1) is 5.92 Å². The van der Waals surface area contributed by atoms with Crippen LogP contribution in [0, 0.1) is 29.1 Å². The number of likely N-dealkylation sites (tertiary alicyclic amines) is 1. The van der Waals surface area contributed by atoms with Gasteiger partial charge in [-0.15, -0.1) is 0 Å². The van der Waals surface area contributed by atoms with Crippen LogP contribution in [0.25, 0.3) is 0 Å². The molecule has 2 heterocycles. The number of esters is 1. The first-order chi connectivity index (χ1) is 14.5. The van der Waals surface area contributed by atoms with E-state index in [1.54, 1.807) is 0 Å². The Hall–Kier alpha value is -1.61. The SMILES string of the molecule is C=C1CCCC2(C)CC3OC(=O)C(CN4CCC(Cc5ccccc5)CC4)C3CC12. The summed E-state index contributed by atoms with van der Waals surface area (Å²) in [7, 11) is 0. The minimum Gasteiger partial charge on any atom is -0.462 e. The van der Waals surface area contributed by atoms with Gasteiger partial charge in [-0.1, -0.05) is 49.4 Å². The van der Waals surface area contributed by atoms with Crippen molar-refractivity contribution in [2.45, 2.75) is 64.4 Å². The molecule has 0 spiro atoms. The van der Waals surface area contributed by atoms with Crippen molar-refractivity contribution < 1.29 is 9.53 Å². The lowest BCUT2D eigenvalue weighted by atomic mass is 9.55. The normalized spacial score (nSPS) is 37.5. The number of fused-ring (bicyclic) bond motifs is 2. The molecule has 2 saturated heterocycles. The molecule has 5 rings (SSSR count). The number of hydrogen-bond donors (Lipinski definition) is 0. The van der Waals surface area contributed by atoms with E-state index in [1.165, 1.54) is 49.7 Å². The van der Waals surface area contributed by atoms with E-state index >= 15 is 0 Å². The van der Waals surface area contributed by atoms with E-state index in [2.05, 4.69) is 48.7 Å². The fourth-order valence-corrected chi connectivity index (χ4v) is 7.06. The number of allylic oxidation sites excluding steroid dienone is 1. The van der Waals surface area contributed by atoms with Crippen molar-refractivity contribution in [2.24, 2.45) is 29.1 Å². The lowest BCUT2D eigenvalue weighted by molar-refractivity contribution is -0.146. The Morgan fingerprint density at radius 3 is 2.73 bits per heavy atom. The highest BCUT2D eigenvalue weighted by Gasteiger charge is 2.55. The third-order valence-electron chi connectivity index (χ3n) is 8.85. The van der Waals surface area contributed by atoms with Crippen LogP contribution < -0.4 is 0 Å². The molecule has 5 unspecified atom stereocenters. The number of nitrogens with zero attached hydrogens (tertiary/aromatic N) is 1. The van der Waals surface area contributed by atoms with Crippen molar-refractivity contribution in [3.05, 3.63) is 48.0 Å². The molecule has 162 valence electrons. The summed E-state index contributed by atoms with van der Waals surface area (Å²) in [5.41, 5.74) is 3.18. The lowest BCUT2D eigenvalue weighted by Gasteiger charge is -2.50. The van der Waals surface area contributed by atoms with Gasteiger partial charge in [0.15, 0.2) is 0 Å². The second-order valence-corrected chi connectivity index (χ2v) is 10.8. The van der Waals surface area contributed by atoms with Crippen LogP contribution >= 0.6 is 0 Å². The molecule has 3 heteroatoms. The van der Waals surface area contributed by atoms with Crippen molar-refractivity contribution >= 4 is 5.97 Å². The van der Waals surface area contributed by atoms with Crippen LogP contribution in [0.15, 0.2) is 42.5 Å². The Labute approximate surface area is 181 Å². The van der Waals surface area contributed by atoms with E-state index in [-0.39, 0.29) is 18.0 Å². The highest BCUT2D eigenvalue weighted by Crippen LogP contribution is 2.57. The topological polar surface area (TPSA) is 29.5 Å². The third kappa shape index (κ3) is 3.86. The maximum Gasteiger partial charge on any atom is 0.310 e. The van der Waals surface area contributed by atoms with Crippen LogP contribution in [0.4, 0.5) is 0 Å². The van der Waals surface area contributed by atoms with Gasteiger partial charge in [-0.25, -0.2) is 0 Å². The Balaban J connectivity index is 1.19. The minimum absolute atomic E-state index is 0.0694. The van der Waals surface area contributed by atoms with Crippen LogP contribution in [-0.4, -0.2) is 36.6 Å². The number of ether oxygens (including phenoxy) is 1. The maximum absolute atomic E-state index is 12.8. The molecule has 0 aromatic heterocycles. The molecule has 5 atom stereocenters. The van der Waals surface area contributed by atoms with Crippen molar-refractivity contribution in [3.63, 3.8) is 0 Å². The molecule has 2 aliphatic heterocycles. The van der Waals surface area contributed by atoms with Crippen LogP contribution in [0.5, 0.6) is 0 Å². The summed E-state index contributed by atoms with van der Waals surface area (Å²) in [6.45, 7) is 9.97. The molecule has 2 aliphatic carbocycles. The monoisotopic (exact) mass is 407 g/mol. The summed E-state index contributed by atoms with van der Waals surface area (Å²) in [4.78, 5) is 15.4. The number of hydrogen-bond acceptors (Lipinski definition) is 3. The Kier molecular flexibility index (Phi) is 5.51. The molecule has 1 aromatic rings. The van der Waals surface area contributed by atoms with Crippen molar-refractivity contribution in [1.29, 1.82) is 0 Å². The fourth-order valence-electron chi connectivity index (χ4n) is 7.06. The molecule has 3 nitrogen and oxygen atoms in total. The second kappa shape index (κ2) is 8.15. The second-order valence-electron chi connectivity index (χ2n) is 10.8. The van der Waals surface area contributed by atoms with Crippen LogP contribution in [0.3, 0.4) is 0 Å². The Morgan fingerprint density at radius 1 is 1.20 bits per heavy atom. The average molecular weight is 408 g/mol. The summed E-state index contributed by atoms with van der Waals surface area (Å²) >= 11 is 0.